The van der Waals surface area contributed by atoms with Gasteiger partial charge >= 0.3 is 5.97 Å². The van der Waals surface area contributed by atoms with Gasteiger partial charge < -0.3 is 15.7 Å². The second-order valence-corrected chi connectivity index (χ2v) is 4.65. The SMILES string of the molecule is CNCCCC(=O)NCC1CCCC1C(=O)O. The zero-order valence-corrected chi connectivity index (χ0v) is 10.4. The van der Waals surface area contributed by atoms with Crippen LogP contribution in [0.15, 0.2) is 0 Å². The van der Waals surface area contributed by atoms with Gasteiger partial charge in [0, 0.05) is 13.0 Å². The summed E-state index contributed by atoms with van der Waals surface area (Å²) in [5.41, 5.74) is 0. The highest BCUT2D eigenvalue weighted by Gasteiger charge is 2.32. The lowest BCUT2D eigenvalue weighted by Gasteiger charge is -2.16. The molecule has 1 saturated carbocycles. The number of carbonyl (C=O) groups excluding carboxylic acids is 1. The van der Waals surface area contributed by atoms with Crippen LogP contribution >= 0.6 is 0 Å². The largest absolute Gasteiger partial charge is 0.481 e. The third-order valence-corrected chi connectivity index (χ3v) is 3.37. The Morgan fingerprint density at radius 3 is 2.76 bits per heavy atom. The highest BCUT2D eigenvalue weighted by Crippen LogP contribution is 2.31. The molecule has 0 aromatic carbocycles. The molecular weight excluding hydrogens is 220 g/mol. The highest BCUT2D eigenvalue weighted by atomic mass is 16.4. The van der Waals surface area contributed by atoms with Crippen LogP contribution in [0.4, 0.5) is 0 Å². The standard InChI is InChI=1S/C12H22N2O3/c1-13-7-3-6-11(15)14-8-9-4-2-5-10(9)12(16)17/h9-10,13H,2-8H2,1H3,(H,14,15)(H,16,17). The quantitative estimate of drug-likeness (QED) is 0.571. The minimum Gasteiger partial charge on any atom is -0.481 e. The molecule has 3 N–H and O–H groups in total. The third-order valence-electron chi connectivity index (χ3n) is 3.37. The minimum absolute atomic E-state index is 0.0243. The van der Waals surface area contributed by atoms with Crippen LogP contribution in [0.25, 0.3) is 0 Å². The molecule has 0 bridgehead atoms. The predicted molar refractivity (Wildman–Crippen MR) is 64.6 cm³/mol. The number of carbonyl (C=O) groups is 2. The summed E-state index contributed by atoms with van der Waals surface area (Å²) in [4.78, 5) is 22.4. The van der Waals surface area contributed by atoms with Crippen molar-refractivity contribution in [2.45, 2.75) is 32.1 Å². The van der Waals surface area contributed by atoms with Gasteiger partial charge in [-0.15, -0.1) is 0 Å². The fourth-order valence-electron chi connectivity index (χ4n) is 2.37. The number of amides is 1. The Balaban J connectivity index is 2.21. The summed E-state index contributed by atoms with van der Waals surface area (Å²) in [7, 11) is 1.86. The topological polar surface area (TPSA) is 78.4 Å². The molecule has 0 aromatic heterocycles. The van der Waals surface area contributed by atoms with Gasteiger partial charge in [0.1, 0.15) is 0 Å². The van der Waals surface area contributed by atoms with E-state index in [9.17, 15) is 9.59 Å². The highest BCUT2D eigenvalue weighted by molar-refractivity contribution is 5.76. The molecule has 1 rings (SSSR count). The van der Waals surface area contributed by atoms with Crippen molar-refractivity contribution in [2.75, 3.05) is 20.1 Å². The number of carboxylic acids is 1. The van der Waals surface area contributed by atoms with E-state index < -0.39 is 5.97 Å². The Morgan fingerprint density at radius 1 is 1.35 bits per heavy atom. The summed E-state index contributed by atoms with van der Waals surface area (Å²) in [6.45, 7) is 1.34. The van der Waals surface area contributed by atoms with Crippen LogP contribution in [-0.2, 0) is 9.59 Å². The molecule has 5 heteroatoms. The van der Waals surface area contributed by atoms with Gasteiger partial charge in [0.25, 0.3) is 0 Å². The first-order chi connectivity index (χ1) is 8.15. The van der Waals surface area contributed by atoms with Gasteiger partial charge in [0.05, 0.1) is 5.92 Å². The van der Waals surface area contributed by atoms with E-state index in [1.807, 2.05) is 7.05 Å². The van der Waals surface area contributed by atoms with Gasteiger partial charge in [-0.3, -0.25) is 9.59 Å². The number of hydrogen-bond donors (Lipinski definition) is 3. The number of rotatable bonds is 7. The van der Waals surface area contributed by atoms with Crippen molar-refractivity contribution in [1.82, 2.24) is 10.6 Å². The van der Waals surface area contributed by atoms with Gasteiger partial charge in [-0.1, -0.05) is 6.42 Å². The van der Waals surface area contributed by atoms with Crippen molar-refractivity contribution in [3.8, 4) is 0 Å². The first-order valence-corrected chi connectivity index (χ1v) is 6.29. The van der Waals surface area contributed by atoms with E-state index in [-0.39, 0.29) is 17.7 Å². The monoisotopic (exact) mass is 242 g/mol. The van der Waals surface area contributed by atoms with Gasteiger partial charge in [-0.25, -0.2) is 0 Å². The Hall–Kier alpha value is -1.10. The fourth-order valence-corrected chi connectivity index (χ4v) is 2.37. The van der Waals surface area contributed by atoms with E-state index in [0.717, 1.165) is 32.2 Å². The number of nitrogens with one attached hydrogen (secondary N) is 2. The van der Waals surface area contributed by atoms with E-state index >= 15 is 0 Å². The maximum Gasteiger partial charge on any atom is 0.306 e. The van der Waals surface area contributed by atoms with E-state index in [1.54, 1.807) is 0 Å². The third kappa shape index (κ3) is 4.73. The maximum atomic E-state index is 11.5. The Bertz CT molecular complexity index is 268. The first-order valence-electron chi connectivity index (χ1n) is 6.29. The summed E-state index contributed by atoms with van der Waals surface area (Å²) in [5, 5.41) is 14.8. The van der Waals surface area contributed by atoms with Crippen LogP contribution in [0.5, 0.6) is 0 Å². The summed E-state index contributed by atoms with van der Waals surface area (Å²) in [5.74, 6) is -0.860. The van der Waals surface area contributed by atoms with Crippen molar-refractivity contribution >= 4 is 11.9 Å². The van der Waals surface area contributed by atoms with E-state index in [1.165, 1.54) is 0 Å². The number of aliphatic carboxylic acids is 1. The first kappa shape index (κ1) is 14.0. The van der Waals surface area contributed by atoms with Gasteiger partial charge in [0.2, 0.25) is 5.91 Å². The van der Waals surface area contributed by atoms with Gasteiger partial charge in [-0.05, 0) is 38.8 Å². The van der Waals surface area contributed by atoms with E-state index in [0.29, 0.717) is 13.0 Å². The molecule has 2 unspecified atom stereocenters. The van der Waals surface area contributed by atoms with Crippen molar-refractivity contribution in [2.24, 2.45) is 11.8 Å². The lowest BCUT2D eigenvalue weighted by molar-refractivity contribution is -0.143. The molecule has 0 saturated heterocycles. The van der Waals surface area contributed by atoms with Crippen LogP contribution in [-0.4, -0.2) is 37.1 Å². The molecule has 1 amide bonds. The van der Waals surface area contributed by atoms with E-state index in [4.69, 9.17) is 5.11 Å². The van der Waals surface area contributed by atoms with Crippen LogP contribution in [0.1, 0.15) is 32.1 Å². The summed E-state index contributed by atoms with van der Waals surface area (Å²) < 4.78 is 0. The molecule has 1 aliphatic rings. The Morgan fingerprint density at radius 2 is 2.12 bits per heavy atom. The van der Waals surface area contributed by atoms with Crippen molar-refractivity contribution in [3.63, 3.8) is 0 Å². The van der Waals surface area contributed by atoms with Crippen molar-refractivity contribution in [3.05, 3.63) is 0 Å². The molecule has 0 aliphatic heterocycles. The molecule has 17 heavy (non-hydrogen) atoms. The smallest absolute Gasteiger partial charge is 0.306 e. The van der Waals surface area contributed by atoms with Crippen LogP contribution < -0.4 is 10.6 Å². The summed E-state index contributed by atoms with van der Waals surface area (Å²) in [6, 6.07) is 0. The average molecular weight is 242 g/mol. The van der Waals surface area contributed by atoms with Gasteiger partial charge in [-0.2, -0.15) is 0 Å². The molecule has 98 valence electrons. The molecule has 1 aliphatic carbocycles. The molecule has 0 radical (unpaired) electrons. The lowest BCUT2D eigenvalue weighted by atomic mass is 9.96. The van der Waals surface area contributed by atoms with Crippen LogP contribution in [0.2, 0.25) is 0 Å². The second kappa shape index (κ2) is 7.27. The predicted octanol–water partition coefficient (Wildman–Crippen LogP) is 0.603. The van der Waals surface area contributed by atoms with Crippen molar-refractivity contribution in [1.29, 1.82) is 0 Å². The number of hydrogen-bond acceptors (Lipinski definition) is 3. The fraction of sp³-hybridized carbons (Fsp3) is 0.833. The summed E-state index contributed by atoms with van der Waals surface area (Å²) >= 11 is 0. The zero-order valence-electron chi connectivity index (χ0n) is 10.4. The molecule has 5 nitrogen and oxygen atoms in total. The Kier molecular flexibility index (Phi) is 5.97. The Labute approximate surface area is 102 Å². The van der Waals surface area contributed by atoms with Crippen LogP contribution in [0, 0.1) is 11.8 Å². The normalized spacial score (nSPS) is 23.6. The molecule has 1 fully saturated rings. The van der Waals surface area contributed by atoms with Crippen molar-refractivity contribution < 1.29 is 14.7 Å². The maximum absolute atomic E-state index is 11.5. The lowest BCUT2D eigenvalue weighted by Crippen LogP contribution is -2.33. The molecular formula is C12H22N2O3. The summed E-state index contributed by atoms with van der Waals surface area (Å²) in [6.07, 6.45) is 3.93. The van der Waals surface area contributed by atoms with Gasteiger partial charge in [0.15, 0.2) is 0 Å². The minimum atomic E-state index is -0.725. The average Bonchev–Trinajstić information content (AvgIpc) is 2.75. The molecule has 0 aromatic rings. The zero-order chi connectivity index (χ0) is 12.7. The number of carboxylic acid groups (broad SMARTS) is 1. The van der Waals surface area contributed by atoms with Crippen LogP contribution in [0.3, 0.4) is 0 Å². The molecule has 0 heterocycles. The second-order valence-electron chi connectivity index (χ2n) is 4.65. The molecule has 0 spiro atoms. The van der Waals surface area contributed by atoms with E-state index in [2.05, 4.69) is 10.6 Å². The molecule has 2 atom stereocenters.